The molecule has 0 radical (unpaired) electrons. The fourth-order valence-corrected chi connectivity index (χ4v) is 7.96. The summed E-state index contributed by atoms with van der Waals surface area (Å²) in [4.78, 5) is -0.0166. The maximum atomic E-state index is 13.3. The first-order valence-electron chi connectivity index (χ1n) is 8.19. The molecule has 1 heterocycles. The molecule has 1 aromatic carbocycles. The average Bonchev–Trinajstić information content (AvgIpc) is 2.82. The van der Waals surface area contributed by atoms with Gasteiger partial charge in [0.1, 0.15) is 5.82 Å². The minimum atomic E-state index is -3.89. The molecule has 0 aromatic heterocycles. The van der Waals surface area contributed by atoms with Crippen LogP contribution in [-0.2, 0) is 24.4 Å². The topological polar surface area (TPSA) is 89.5 Å². The van der Waals surface area contributed by atoms with E-state index in [4.69, 9.17) is 4.74 Å². The van der Waals surface area contributed by atoms with Crippen LogP contribution in [0.2, 0.25) is 0 Å². The van der Waals surface area contributed by atoms with Crippen molar-refractivity contribution in [1.82, 2.24) is 5.32 Å². The van der Waals surface area contributed by atoms with E-state index >= 15 is 0 Å². The third-order valence-corrected chi connectivity index (χ3v) is 8.53. The summed E-state index contributed by atoms with van der Waals surface area (Å²) in [5.74, 6) is -1.16. The summed E-state index contributed by atoms with van der Waals surface area (Å²) in [6, 6.07) is 2.74. The molecule has 2 atom stereocenters. The second kappa shape index (κ2) is 8.11. The van der Waals surface area contributed by atoms with Gasteiger partial charge in [-0.05, 0) is 50.6 Å². The van der Waals surface area contributed by atoms with Gasteiger partial charge in [-0.15, -0.1) is 0 Å². The van der Waals surface area contributed by atoms with E-state index in [1.807, 2.05) is 6.92 Å². The Morgan fingerprint density at radius 2 is 2.04 bits per heavy atom. The highest BCUT2D eigenvalue weighted by atomic mass is 32.2. The molecule has 9 heteroatoms. The van der Waals surface area contributed by atoms with Gasteiger partial charge in [0.2, 0.25) is 0 Å². The lowest BCUT2D eigenvalue weighted by atomic mass is 10.2. The van der Waals surface area contributed by atoms with E-state index in [1.165, 1.54) is 13.0 Å². The van der Waals surface area contributed by atoms with Crippen molar-refractivity contribution in [1.29, 1.82) is 0 Å². The summed E-state index contributed by atoms with van der Waals surface area (Å²) in [6.07, 6.45) is 0.659. The van der Waals surface area contributed by atoms with Crippen LogP contribution >= 0.6 is 0 Å². The third kappa shape index (κ3) is 4.99. The zero-order valence-corrected chi connectivity index (χ0v) is 16.0. The number of hydrogen-bond donors (Lipinski definition) is 1. The fraction of sp³-hybridized carbons (Fsp3) is 0.625. The first-order valence-corrected chi connectivity index (χ1v) is 11.6. The summed E-state index contributed by atoms with van der Waals surface area (Å²) >= 11 is 0. The van der Waals surface area contributed by atoms with Gasteiger partial charge in [-0.25, -0.2) is 21.2 Å². The second-order valence-corrected chi connectivity index (χ2v) is 10.5. The van der Waals surface area contributed by atoms with Gasteiger partial charge in [0.25, 0.3) is 0 Å². The maximum Gasteiger partial charge on any atom is 0.184 e. The molecule has 25 heavy (non-hydrogen) atoms. The summed E-state index contributed by atoms with van der Waals surface area (Å²) in [5.41, 5.74) is 0.277. The third-order valence-electron chi connectivity index (χ3n) is 4.22. The van der Waals surface area contributed by atoms with E-state index in [9.17, 15) is 21.2 Å². The molecule has 1 fully saturated rings. The van der Waals surface area contributed by atoms with E-state index in [0.29, 0.717) is 26.2 Å². The van der Waals surface area contributed by atoms with E-state index in [1.54, 1.807) is 0 Å². The van der Waals surface area contributed by atoms with Crippen molar-refractivity contribution < 1.29 is 26.0 Å². The van der Waals surface area contributed by atoms with Crippen molar-refractivity contribution in [2.24, 2.45) is 0 Å². The first kappa shape index (κ1) is 20.3. The van der Waals surface area contributed by atoms with Gasteiger partial charge in [0.05, 0.1) is 21.7 Å². The molecule has 0 aliphatic carbocycles. The van der Waals surface area contributed by atoms with Crippen LogP contribution in [-0.4, -0.2) is 59.4 Å². The minimum Gasteiger partial charge on any atom is -0.382 e. The lowest BCUT2D eigenvalue weighted by molar-refractivity contribution is 0.144. The molecule has 0 unspecified atom stereocenters. The second-order valence-electron chi connectivity index (χ2n) is 6.18. The van der Waals surface area contributed by atoms with Crippen LogP contribution in [0.25, 0.3) is 0 Å². The summed E-state index contributed by atoms with van der Waals surface area (Å²) in [7, 11) is -7.34. The van der Waals surface area contributed by atoms with Crippen LogP contribution in [0, 0.1) is 12.7 Å². The van der Waals surface area contributed by atoms with Gasteiger partial charge >= 0.3 is 0 Å². The standard InChI is InChI=1S/C16H24FNO5S2/c1-3-23-8-4-7-18-14-10-24(19,20)11-16(14)25(21,22)15-6-5-13(17)9-12(15)2/h5-6,9,14,16,18H,3-4,7-8,10-11H2,1-2H3/t14-,16-/m0/s1. The number of ether oxygens (including phenoxy) is 1. The van der Waals surface area contributed by atoms with Crippen molar-refractivity contribution in [3.63, 3.8) is 0 Å². The minimum absolute atomic E-state index is 0.0166. The Morgan fingerprint density at radius 1 is 1.32 bits per heavy atom. The molecule has 1 aromatic rings. The van der Waals surface area contributed by atoms with Crippen molar-refractivity contribution in [2.45, 2.75) is 36.5 Å². The van der Waals surface area contributed by atoms with Crippen LogP contribution in [0.5, 0.6) is 0 Å². The van der Waals surface area contributed by atoms with Crippen LogP contribution < -0.4 is 5.32 Å². The molecule has 1 aliphatic rings. The molecular weight excluding hydrogens is 369 g/mol. The number of halogens is 1. The SMILES string of the molecule is CCOCCCN[C@H]1CS(=O)(=O)C[C@@H]1S(=O)(=O)c1ccc(F)cc1C. The molecule has 6 nitrogen and oxygen atoms in total. The number of rotatable bonds is 8. The largest absolute Gasteiger partial charge is 0.382 e. The zero-order chi connectivity index (χ0) is 18.7. The predicted molar refractivity (Wildman–Crippen MR) is 93.7 cm³/mol. The lowest BCUT2D eigenvalue weighted by Crippen LogP contribution is -2.44. The quantitative estimate of drug-likeness (QED) is 0.525. The molecule has 0 saturated carbocycles. The molecule has 2 rings (SSSR count). The Bertz CT molecular complexity index is 808. The smallest absolute Gasteiger partial charge is 0.184 e. The molecule has 0 bridgehead atoms. The van der Waals surface area contributed by atoms with Gasteiger partial charge in [0, 0.05) is 19.3 Å². The van der Waals surface area contributed by atoms with Gasteiger partial charge in [-0.2, -0.15) is 0 Å². The number of hydrogen-bond acceptors (Lipinski definition) is 6. The van der Waals surface area contributed by atoms with Crippen molar-refractivity contribution in [3.8, 4) is 0 Å². The van der Waals surface area contributed by atoms with Gasteiger partial charge < -0.3 is 10.1 Å². The molecule has 1 saturated heterocycles. The number of nitrogens with one attached hydrogen (secondary N) is 1. The summed E-state index contributed by atoms with van der Waals surface area (Å²) < 4.78 is 68.4. The van der Waals surface area contributed by atoms with Crippen LogP contribution in [0.3, 0.4) is 0 Å². The molecule has 1 N–H and O–H groups in total. The van der Waals surface area contributed by atoms with Gasteiger partial charge in [-0.3, -0.25) is 0 Å². The Morgan fingerprint density at radius 3 is 2.68 bits per heavy atom. The Labute approximate surface area is 148 Å². The summed E-state index contributed by atoms with van der Waals surface area (Å²) in [6.45, 7) is 4.97. The highest BCUT2D eigenvalue weighted by Gasteiger charge is 2.45. The molecule has 0 amide bonds. The molecule has 1 aliphatic heterocycles. The van der Waals surface area contributed by atoms with Crippen molar-refractivity contribution in [2.75, 3.05) is 31.3 Å². The average molecular weight is 394 g/mol. The Kier molecular flexibility index (Phi) is 6.58. The van der Waals surface area contributed by atoms with Crippen LogP contribution in [0.4, 0.5) is 4.39 Å². The van der Waals surface area contributed by atoms with Gasteiger partial charge in [-0.1, -0.05) is 0 Å². The van der Waals surface area contributed by atoms with E-state index in [2.05, 4.69) is 5.32 Å². The number of benzene rings is 1. The van der Waals surface area contributed by atoms with E-state index < -0.39 is 42.5 Å². The Balaban J connectivity index is 2.20. The summed E-state index contributed by atoms with van der Waals surface area (Å²) in [5, 5.41) is 1.97. The predicted octanol–water partition coefficient (Wildman–Crippen LogP) is 1.09. The van der Waals surface area contributed by atoms with Crippen LogP contribution in [0.15, 0.2) is 23.1 Å². The van der Waals surface area contributed by atoms with E-state index in [0.717, 1.165) is 12.1 Å². The highest BCUT2D eigenvalue weighted by molar-refractivity contribution is 7.96. The van der Waals surface area contributed by atoms with Gasteiger partial charge in [0.15, 0.2) is 19.7 Å². The monoisotopic (exact) mass is 393 g/mol. The first-order chi connectivity index (χ1) is 11.7. The molecule has 0 spiro atoms. The lowest BCUT2D eigenvalue weighted by Gasteiger charge is -2.21. The number of sulfone groups is 2. The Hall–Kier alpha value is -1.03. The zero-order valence-electron chi connectivity index (χ0n) is 14.4. The highest BCUT2D eigenvalue weighted by Crippen LogP contribution is 2.28. The fourth-order valence-electron chi connectivity index (χ4n) is 3.01. The van der Waals surface area contributed by atoms with Crippen molar-refractivity contribution in [3.05, 3.63) is 29.6 Å². The normalized spacial score (nSPS) is 23.0. The van der Waals surface area contributed by atoms with E-state index in [-0.39, 0.29) is 16.2 Å². The molecule has 142 valence electrons. The van der Waals surface area contributed by atoms with Crippen LogP contribution in [0.1, 0.15) is 18.9 Å². The van der Waals surface area contributed by atoms with Crippen molar-refractivity contribution >= 4 is 19.7 Å². The number of aryl methyl sites for hydroxylation is 1. The maximum absolute atomic E-state index is 13.3. The molecular formula is C16H24FNO5S2.